The van der Waals surface area contributed by atoms with Crippen molar-refractivity contribution in [3.05, 3.63) is 30.3 Å². The van der Waals surface area contributed by atoms with E-state index in [1.54, 1.807) is 18.2 Å². The minimum absolute atomic E-state index is 0.00866. The van der Waals surface area contributed by atoms with Gasteiger partial charge in [-0.1, -0.05) is 0 Å². The first kappa shape index (κ1) is 18.3. The van der Waals surface area contributed by atoms with E-state index in [-0.39, 0.29) is 16.6 Å². The van der Waals surface area contributed by atoms with Gasteiger partial charge in [0.2, 0.25) is 15.9 Å². The molecule has 3 rings (SSSR count). The molecule has 1 aliphatic carbocycles. The van der Waals surface area contributed by atoms with E-state index in [1.165, 1.54) is 26.0 Å². The summed E-state index contributed by atoms with van der Waals surface area (Å²) in [6.45, 7) is 4.48. The highest BCUT2D eigenvalue weighted by Crippen LogP contribution is 2.37. The van der Waals surface area contributed by atoms with Gasteiger partial charge in [0.05, 0.1) is 4.90 Å². The van der Waals surface area contributed by atoms with Gasteiger partial charge in [-0.25, -0.2) is 13.1 Å². The van der Waals surface area contributed by atoms with Crippen LogP contribution in [0.3, 0.4) is 0 Å². The zero-order chi connectivity index (χ0) is 19.1. The molecule has 0 bridgehead atoms. The summed E-state index contributed by atoms with van der Waals surface area (Å²) in [7, 11) is -3.77. The van der Waals surface area contributed by atoms with Crippen molar-refractivity contribution < 1.29 is 22.7 Å². The molecule has 0 heterocycles. The fourth-order valence-corrected chi connectivity index (χ4v) is 4.17. The number of amides is 1. The number of hydrogen-bond donors (Lipinski definition) is 2. The van der Waals surface area contributed by atoms with Gasteiger partial charge in [0.15, 0.2) is 0 Å². The molecule has 1 aliphatic rings. The normalized spacial score (nSPS) is 15.5. The molecule has 0 spiro atoms. The van der Waals surface area contributed by atoms with Gasteiger partial charge >= 0.3 is 5.97 Å². The summed E-state index contributed by atoms with van der Waals surface area (Å²) in [4.78, 5) is 22.7. The topological polar surface area (TPSA) is 102 Å². The van der Waals surface area contributed by atoms with Crippen LogP contribution in [0.1, 0.15) is 33.6 Å². The van der Waals surface area contributed by atoms with E-state index < -0.39 is 21.5 Å². The summed E-state index contributed by atoms with van der Waals surface area (Å²) < 4.78 is 33.3. The number of esters is 1. The molecule has 1 fully saturated rings. The highest BCUT2D eigenvalue weighted by atomic mass is 32.2. The Hall–Kier alpha value is -2.45. The van der Waals surface area contributed by atoms with E-state index >= 15 is 0 Å². The molecule has 138 valence electrons. The molecule has 0 saturated heterocycles. The Balaban J connectivity index is 2.13. The lowest BCUT2D eigenvalue weighted by Gasteiger charge is -2.15. The van der Waals surface area contributed by atoms with Crippen molar-refractivity contribution in [3.8, 4) is 5.75 Å². The molecule has 0 radical (unpaired) electrons. The summed E-state index contributed by atoms with van der Waals surface area (Å²) >= 11 is 0. The maximum Gasteiger partial charge on any atom is 0.308 e. The first-order chi connectivity index (χ1) is 12.1. The number of anilines is 1. The highest BCUT2D eigenvalue weighted by molar-refractivity contribution is 7.89. The quantitative estimate of drug-likeness (QED) is 0.617. The third-order valence-electron chi connectivity index (χ3n) is 4.15. The van der Waals surface area contributed by atoms with Crippen LogP contribution < -0.4 is 14.8 Å². The second-order valence-electron chi connectivity index (χ2n) is 6.80. The van der Waals surface area contributed by atoms with E-state index in [0.29, 0.717) is 16.5 Å². The van der Waals surface area contributed by atoms with Gasteiger partial charge in [-0.2, -0.15) is 0 Å². The van der Waals surface area contributed by atoms with Crippen molar-refractivity contribution in [2.24, 2.45) is 0 Å². The van der Waals surface area contributed by atoms with Crippen LogP contribution in [0.25, 0.3) is 10.8 Å². The molecule has 0 unspecified atom stereocenters. The van der Waals surface area contributed by atoms with Crippen molar-refractivity contribution in [2.75, 3.05) is 5.32 Å². The lowest BCUT2D eigenvalue weighted by molar-refractivity contribution is -0.131. The molecule has 2 aromatic rings. The van der Waals surface area contributed by atoms with Crippen LogP contribution >= 0.6 is 0 Å². The first-order valence-electron chi connectivity index (χ1n) is 8.16. The van der Waals surface area contributed by atoms with Crippen molar-refractivity contribution in [3.63, 3.8) is 0 Å². The van der Waals surface area contributed by atoms with E-state index in [1.807, 2.05) is 6.92 Å². The zero-order valence-electron chi connectivity index (χ0n) is 14.8. The molecular weight excluding hydrogens is 356 g/mol. The number of carbonyl (C=O) groups excluding carboxylic acids is 2. The van der Waals surface area contributed by atoms with Gasteiger partial charge in [0.25, 0.3) is 0 Å². The molecule has 0 aromatic heterocycles. The first-order valence-corrected chi connectivity index (χ1v) is 9.64. The van der Waals surface area contributed by atoms with Crippen molar-refractivity contribution >= 4 is 38.4 Å². The number of ether oxygens (including phenoxy) is 1. The smallest absolute Gasteiger partial charge is 0.308 e. The van der Waals surface area contributed by atoms with Gasteiger partial charge < -0.3 is 10.1 Å². The predicted molar refractivity (Wildman–Crippen MR) is 97.5 cm³/mol. The van der Waals surface area contributed by atoms with E-state index in [2.05, 4.69) is 10.0 Å². The number of fused-ring (bicyclic) bond motifs is 1. The second kappa shape index (κ2) is 6.37. The van der Waals surface area contributed by atoms with Gasteiger partial charge in [-0.3, -0.25) is 9.59 Å². The van der Waals surface area contributed by atoms with E-state index in [0.717, 1.165) is 12.8 Å². The lowest BCUT2D eigenvalue weighted by atomic mass is 10.1. The molecule has 0 aliphatic heterocycles. The zero-order valence-corrected chi connectivity index (χ0v) is 15.6. The average molecular weight is 376 g/mol. The Morgan fingerprint density at radius 2 is 1.81 bits per heavy atom. The molecule has 1 saturated carbocycles. The molecule has 2 N–H and O–H groups in total. The molecule has 8 heteroatoms. The number of carbonyl (C=O) groups is 2. The van der Waals surface area contributed by atoms with Crippen LogP contribution in [0, 0.1) is 0 Å². The fraction of sp³-hybridized carbons (Fsp3) is 0.333. The SMILES string of the molecule is CC(=O)Nc1ccc2c(OC(C)=O)cc(S(=O)(=O)NC3(C)CC3)cc2c1. The lowest BCUT2D eigenvalue weighted by Crippen LogP contribution is -2.34. The Morgan fingerprint density at radius 3 is 2.38 bits per heavy atom. The molecule has 1 amide bonds. The Labute approximate surface area is 151 Å². The van der Waals surface area contributed by atoms with Gasteiger partial charge in [-0.05, 0) is 49.4 Å². The summed E-state index contributed by atoms with van der Waals surface area (Å²) in [5.41, 5.74) is 0.100. The number of sulfonamides is 1. The minimum Gasteiger partial charge on any atom is -0.426 e. The van der Waals surface area contributed by atoms with Crippen LogP contribution in [-0.4, -0.2) is 25.8 Å². The maximum absolute atomic E-state index is 12.7. The van der Waals surface area contributed by atoms with Crippen LogP contribution in [-0.2, 0) is 19.6 Å². The Bertz CT molecular complexity index is 1010. The molecular formula is C18H20N2O5S. The Kier molecular flexibility index (Phi) is 4.49. The van der Waals surface area contributed by atoms with Crippen LogP contribution in [0.5, 0.6) is 5.75 Å². The number of hydrogen-bond acceptors (Lipinski definition) is 5. The minimum atomic E-state index is -3.77. The monoisotopic (exact) mass is 376 g/mol. The van der Waals surface area contributed by atoms with Gasteiger partial charge in [0.1, 0.15) is 5.75 Å². The summed E-state index contributed by atoms with van der Waals surface area (Å²) in [6.07, 6.45) is 1.56. The van der Waals surface area contributed by atoms with E-state index in [4.69, 9.17) is 4.74 Å². The fourth-order valence-electron chi connectivity index (χ4n) is 2.66. The third-order valence-corrected chi connectivity index (χ3v) is 5.77. The standard InChI is InChI=1S/C18H20N2O5S/c1-11(21)19-14-4-5-16-13(8-14)9-15(10-17(16)25-12(2)22)26(23,24)20-18(3)6-7-18/h4-5,8-10,20H,6-7H2,1-3H3,(H,19,21). The van der Waals surface area contributed by atoms with E-state index in [9.17, 15) is 18.0 Å². The maximum atomic E-state index is 12.7. The van der Waals surface area contributed by atoms with Crippen LogP contribution in [0.2, 0.25) is 0 Å². The van der Waals surface area contributed by atoms with Gasteiger partial charge in [0, 0.05) is 36.5 Å². The summed E-state index contributed by atoms with van der Waals surface area (Å²) in [5.74, 6) is -0.628. The number of benzene rings is 2. The summed E-state index contributed by atoms with van der Waals surface area (Å²) in [5, 5.41) is 3.77. The third kappa shape index (κ3) is 4.03. The van der Waals surface area contributed by atoms with Crippen LogP contribution in [0.4, 0.5) is 5.69 Å². The van der Waals surface area contributed by atoms with Crippen molar-refractivity contribution in [1.82, 2.24) is 4.72 Å². The molecule has 7 nitrogen and oxygen atoms in total. The Morgan fingerprint density at radius 1 is 1.12 bits per heavy atom. The van der Waals surface area contributed by atoms with Crippen LogP contribution in [0.15, 0.2) is 35.2 Å². The largest absolute Gasteiger partial charge is 0.426 e. The van der Waals surface area contributed by atoms with Gasteiger partial charge in [-0.15, -0.1) is 0 Å². The highest BCUT2D eigenvalue weighted by Gasteiger charge is 2.41. The van der Waals surface area contributed by atoms with Crippen molar-refractivity contribution in [2.45, 2.75) is 44.0 Å². The average Bonchev–Trinajstić information content (AvgIpc) is 3.21. The van der Waals surface area contributed by atoms with Crippen molar-refractivity contribution in [1.29, 1.82) is 0 Å². The number of rotatable bonds is 5. The molecule has 26 heavy (non-hydrogen) atoms. The number of nitrogens with one attached hydrogen (secondary N) is 2. The summed E-state index contributed by atoms with van der Waals surface area (Å²) in [6, 6.07) is 7.82. The molecule has 2 aromatic carbocycles. The molecule has 0 atom stereocenters. The predicted octanol–water partition coefficient (Wildman–Crippen LogP) is 2.55. The second-order valence-corrected chi connectivity index (χ2v) is 8.48.